The molecule has 9 nitrogen and oxygen atoms in total. The largest absolute Gasteiger partial charge is 0.480 e. The van der Waals surface area contributed by atoms with Gasteiger partial charge in [-0.3, -0.25) is 14.4 Å². The summed E-state index contributed by atoms with van der Waals surface area (Å²) < 4.78 is 4.44. The van der Waals surface area contributed by atoms with Crippen LogP contribution in [0.1, 0.15) is 13.8 Å². The van der Waals surface area contributed by atoms with Crippen molar-refractivity contribution in [1.29, 1.82) is 0 Å². The minimum absolute atomic E-state index is 0.386. The van der Waals surface area contributed by atoms with Crippen molar-refractivity contribution in [3.8, 4) is 0 Å². The smallest absolute Gasteiger partial charge is 0.325 e. The number of carboxylic acid groups (broad SMARTS) is 2. The molecule has 0 aliphatic carbocycles. The van der Waals surface area contributed by atoms with Crippen LogP contribution in [0.15, 0.2) is 0 Å². The predicted octanol–water partition coefficient (Wildman–Crippen LogP) is -0.539. The number of hydrogen-bond acceptors (Lipinski definition) is 5. The van der Waals surface area contributed by atoms with E-state index in [2.05, 4.69) is 4.74 Å². The second-order valence-electron chi connectivity index (χ2n) is 4.22. The van der Waals surface area contributed by atoms with Gasteiger partial charge >= 0.3 is 23.9 Å². The number of aliphatic carboxylic acids is 2. The van der Waals surface area contributed by atoms with Crippen LogP contribution in [0.25, 0.3) is 0 Å². The van der Waals surface area contributed by atoms with Crippen LogP contribution in [0, 0.1) is 0 Å². The zero-order valence-electron chi connectivity index (χ0n) is 11.5. The molecule has 0 aliphatic heterocycles. The van der Waals surface area contributed by atoms with E-state index in [9.17, 15) is 19.2 Å². The van der Waals surface area contributed by atoms with Crippen molar-refractivity contribution < 1.29 is 34.1 Å². The summed E-state index contributed by atoms with van der Waals surface area (Å²) in [6, 6.07) is -1.28. The highest BCUT2D eigenvalue weighted by atomic mass is 16.5. The van der Waals surface area contributed by atoms with Gasteiger partial charge in [0.15, 0.2) is 0 Å². The van der Waals surface area contributed by atoms with E-state index in [0.29, 0.717) is 4.90 Å². The zero-order chi connectivity index (χ0) is 15.9. The summed E-state index contributed by atoms with van der Waals surface area (Å²) in [5.74, 6) is -3.37. The average Bonchev–Trinajstić information content (AvgIpc) is 2.32. The average molecular weight is 290 g/mol. The number of methoxy groups -OCH3 is 1. The summed E-state index contributed by atoms with van der Waals surface area (Å²) in [5, 5.41) is 17.4. The number of carbonyl (C=O) groups is 4. The highest BCUT2D eigenvalue weighted by Crippen LogP contribution is 2.05. The first kappa shape index (κ1) is 17.7. The number of rotatable bonds is 7. The normalized spacial score (nSPS) is 10.0. The van der Waals surface area contributed by atoms with Crippen LogP contribution in [0.4, 0.5) is 4.79 Å². The summed E-state index contributed by atoms with van der Waals surface area (Å²) in [5.41, 5.74) is 0. The number of amides is 2. The Hall–Kier alpha value is -2.32. The molecule has 0 aromatic carbocycles. The van der Waals surface area contributed by atoms with Crippen LogP contribution < -0.4 is 0 Å². The van der Waals surface area contributed by atoms with E-state index in [1.165, 1.54) is 0 Å². The van der Waals surface area contributed by atoms with Crippen molar-refractivity contribution in [2.75, 3.05) is 26.7 Å². The molecule has 0 saturated carbocycles. The summed E-state index contributed by atoms with van der Waals surface area (Å²) >= 11 is 0. The van der Waals surface area contributed by atoms with E-state index in [0.717, 1.165) is 12.0 Å². The molecule has 0 aliphatic rings. The fourth-order valence-electron chi connectivity index (χ4n) is 1.37. The van der Waals surface area contributed by atoms with E-state index in [1.54, 1.807) is 13.8 Å². The number of nitrogens with zero attached hydrogens (tertiary/aromatic N) is 2. The number of carbonyl (C=O) groups excluding carboxylic acids is 2. The van der Waals surface area contributed by atoms with E-state index in [-0.39, 0.29) is 6.54 Å². The van der Waals surface area contributed by atoms with Crippen LogP contribution >= 0.6 is 0 Å². The molecule has 0 atom stereocenters. The maximum absolute atomic E-state index is 12.1. The summed E-state index contributed by atoms with van der Waals surface area (Å²) in [4.78, 5) is 46.4. The predicted molar refractivity (Wildman–Crippen MR) is 66.1 cm³/mol. The van der Waals surface area contributed by atoms with Crippen molar-refractivity contribution in [2.24, 2.45) is 0 Å². The summed E-state index contributed by atoms with van der Waals surface area (Å²) in [6.07, 6.45) is 0. The lowest BCUT2D eigenvalue weighted by Gasteiger charge is -2.30. The monoisotopic (exact) mass is 290 g/mol. The van der Waals surface area contributed by atoms with Crippen molar-refractivity contribution in [3.05, 3.63) is 0 Å². The fraction of sp³-hybridized carbons (Fsp3) is 0.636. The van der Waals surface area contributed by atoms with E-state index in [4.69, 9.17) is 10.2 Å². The molecule has 0 radical (unpaired) electrons. The molecule has 2 amide bonds. The zero-order valence-corrected chi connectivity index (χ0v) is 11.5. The molecule has 20 heavy (non-hydrogen) atoms. The number of hydrogen-bond donors (Lipinski definition) is 2. The first-order valence-electron chi connectivity index (χ1n) is 5.75. The molecule has 0 rings (SSSR count). The molecule has 0 saturated heterocycles. The van der Waals surface area contributed by atoms with Gasteiger partial charge < -0.3 is 24.7 Å². The lowest BCUT2D eigenvalue weighted by atomic mass is 10.3. The van der Waals surface area contributed by atoms with Crippen LogP contribution in [-0.2, 0) is 19.1 Å². The first-order chi connectivity index (χ1) is 9.18. The Bertz CT molecular complexity index is 378. The van der Waals surface area contributed by atoms with Gasteiger partial charge in [-0.05, 0) is 13.8 Å². The molecule has 0 spiro atoms. The van der Waals surface area contributed by atoms with Crippen LogP contribution in [0.5, 0.6) is 0 Å². The summed E-state index contributed by atoms with van der Waals surface area (Å²) in [6.45, 7) is 1.30. The Morgan fingerprint density at radius 3 is 1.75 bits per heavy atom. The summed E-state index contributed by atoms with van der Waals surface area (Å²) in [7, 11) is 1.15. The number of urea groups is 1. The van der Waals surface area contributed by atoms with Gasteiger partial charge in [0, 0.05) is 6.04 Å². The molecule has 0 fully saturated rings. The van der Waals surface area contributed by atoms with Gasteiger partial charge in [-0.25, -0.2) is 4.79 Å². The molecule has 0 bridgehead atoms. The number of ether oxygens (including phenoxy) is 1. The van der Waals surface area contributed by atoms with Gasteiger partial charge in [0.05, 0.1) is 7.11 Å². The highest BCUT2D eigenvalue weighted by molar-refractivity contribution is 5.86. The molecule has 114 valence electrons. The van der Waals surface area contributed by atoms with Crippen molar-refractivity contribution in [2.45, 2.75) is 19.9 Å². The van der Waals surface area contributed by atoms with Crippen molar-refractivity contribution in [1.82, 2.24) is 9.80 Å². The first-order valence-corrected chi connectivity index (χ1v) is 5.75. The Morgan fingerprint density at radius 1 is 1.00 bits per heavy atom. The second kappa shape index (κ2) is 7.97. The van der Waals surface area contributed by atoms with E-state index >= 15 is 0 Å². The second-order valence-corrected chi connectivity index (χ2v) is 4.22. The number of esters is 1. The minimum atomic E-state index is -1.35. The standard InChI is InChI=1S/C11H18N2O7/c1-7(2)13(6-10(18)20-3)11(19)12(4-8(14)15)5-9(16)17/h7H,4-6H2,1-3H3,(H,14,15)(H,16,17). The highest BCUT2D eigenvalue weighted by Gasteiger charge is 2.28. The Balaban J connectivity index is 5.08. The van der Waals surface area contributed by atoms with Gasteiger partial charge in [-0.1, -0.05) is 0 Å². The third-order valence-electron chi connectivity index (χ3n) is 2.32. The quantitative estimate of drug-likeness (QED) is 0.603. The molecule has 0 aromatic heterocycles. The Morgan fingerprint density at radius 2 is 1.45 bits per heavy atom. The van der Waals surface area contributed by atoms with Gasteiger partial charge in [-0.15, -0.1) is 0 Å². The van der Waals surface area contributed by atoms with Crippen LogP contribution in [-0.4, -0.2) is 76.7 Å². The lowest BCUT2D eigenvalue weighted by molar-refractivity contribution is -0.141. The van der Waals surface area contributed by atoms with Gasteiger partial charge in [0.1, 0.15) is 19.6 Å². The lowest BCUT2D eigenvalue weighted by Crippen LogP contribution is -2.51. The van der Waals surface area contributed by atoms with Crippen LogP contribution in [0.3, 0.4) is 0 Å². The van der Waals surface area contributed by atoms with Gasteiger partial charge in [0.25, 0.3) is 0 Å². The van der Waals surface area contributed by atoms with Crippen molar-refractivity contribution in [3.63, 3.8) is 0 Å². The van der Waals surface area contributed by atoms with E-state index < -0.39 is 43.1 Å². The molecule has 2 N–H and O–H groups in total. The van der Waals surface area contributed by atoms with Gasteiger partial charge in [-0.2, -0.15) is 0 Å². The molecular formula is C11H18N2O7. The maximum Gasteiger partial charge on any atom is 0.325 e. The maximum atomic E-state index is 12.1. The Kier molecular flexibility index (Phi) is 7.05. The molecule has 9 heteroatoms. The Labute approximate surface area is 115 Å². The third kappa shape index (κ3) is 6.03. The molecule has 0 heterocycles. The number of carboxylic acids is 2. The van der Waals surface area contributed by atoms with Crippen LogP contribution in [0.2, 0.25) is 0 Å². The minimum Gasteiger partial charge on any atom is -0.480 e. The molecule has 0 aromatic rings. The van der Waals surface area contributed by atoms with Crippen molar-refractivity contribution >= 4 is 23.9 Å². The molecule has 0 unspecified atom stereocenters. The third-order valence-corrected chi connectivity index (χ3v) is 2.32. The SMILES string of the molecule is COC(=O)CN(C(=O)N(CC(=O)O)CC(=O)O)C(C)C. The van der Waals surface area contributed by atoms with E-state index in [1.807, 2.05) is 0 Å². The molecular weight excluding hydrogens is 272 g/mol. The van der Waals surface area contributed by atoms with Gasteiger partial charge in [0.2, 0.25) is 0 Å². The topological polar surface area (TPSA) is 124 Å². The fourth-order valence-corrected chi connectivity index (χ4v) is 1.37.